The van der Waals surface area contributed by atoms with Crippen molar-refractivity contribution in [2.45, 2.75) is 33.6 Å². The Bertz CT molecular complexity index is 587. The summed E-state index contributed by atoms with van der Waals surface area (Å²) in [5.74, 6) is 0.628. The highest BCUT2D eigenvalue weighted by molar-refractivity contribution is 5.90. The molecule has 100 valence electrons. The Balaban J connectivity index is 1.90. The molecule has 1 aromatic carbocycles. The van der Waals surface area contributed by atoms with E-state index in [9.17, 15) is 4.79 Å². The molecule has 0 aliphatic heterocycles. The summed E-state index contributed by atoms with van der Waals surface area (Å²) in [6, 6.07) is 8.23. The molecule has 0 saturated heterocycles. The first-order valence-corrected chi connectivity index (χ1v) is 6.43. The van der Waals surface area contributed by atoms with Crippen molar-refractivity contribution >= 4 is 11.7 Å². The fraction of sp³-hybridized carbons (Fsp3) is 0.333. The highest BCUT2D eigenvalue weighted by atomic mass is 16.1. The molecule has 1 amide bonds. The summed E-state index contributed by atoms with van der Waals surface area (Å²) in [4.78, 5) is 11.9. The molecular weight excluding hydrogens is 238 g/mol. The van der Waals surface area contributed by atoms with E-state index >= 15 is 0 Å². The van der Waals surface area contributed by atoms with Crippen LogP contribution >= 0.6 is 0 Å². The van der Waals surface area contributed by atoms with E-state index < -0.39 is 0 Å². The molecule has 0 atom stereocenters. The highest BCUT2D eigenvalue weighted by Crippen LogP contribution is 2.14. The van der Waals surface area contributed by atoms with Crippen LogP contribution in [0.4, 0.5) is 5.82 Å². The summed E-state index contributed by atoms with van der Waals surface area (Å²) in [5.41, 5.74) is 4.37. The van der Waals surface area contributed by atoms with Crippen LogP contribution in [0.25, 0.3) is 0 Å². The molecule has 1 aromatic heterocycles. The van der Waals surface area contributed by atoms with Gasteiger partial charge in [0.2, 0.25) is 5.91 Å². The summed E-state index contributed by atoms with van der Waals surface area (Å²) in [7, 11) is 0. The van der Waals surface area contributed by atoms with Crippen LogP contribution in [0.1, 0.15) is 28.8 Å². The van der Waals surface area contributed by atoms with Gasteiger partial charge in [0.25, 0.3) is 0 Å². The van der Waals surface area contributed by atoms with Crippen LogP contribution in [0, 0.1) is 20.8 Å². The van der Waals surface area contributed by atoms with Crippen LogP contribution in [0.15, 0.2) is 24.3 Å². The Kier molecular flexibility index (Phi) is 4.00. The number of H-pyrrole nitrogens is 1. The smallest absolute Gasteiger partial charge is 0.225 e. The number of hydrogen-bond donors (Lipinski definition) is 2. The molecule has 0 aliphatic carbocycles. The molecule has 0 radical (unpaired) electrons. The third-order valence-corrected chi connectivity index (χ3v) is 3.23. The van der Waals surface area contributed by atoms with E-state index in [0.717, 1.165) is 17.7 Å². The number of carbonyl (C=O) groups is 1. The zero-order chi connectivity index (χ0) is 13.8. The van der Waals surface area contributed by atoms with Gasteiger partial charge in [0.05, 0.1) is 0 Å². The summed E-state index contributed by atoms with van der Waals surface area (Å²) in [6.45, 7) is 5.93. The van der Waals surface area contributed by atoms with E-state index in [1.54, 1.807) is 0 Å². The standard InChI is InChI=1S/C15H19N3O/c1-10-5-4-6-13(9-10)7-8-14(19)16-15-11(2)12(3)17-18-15/h4-6,9H,7-8H2,1-3H3,(H2,16,17,18,19). The lowest BCUT2D eigenvalue weighted by Gasteiger charge is -2.04. The number of anilines is 1. The van der Waals surface area contributed by atoms with Gasteiger partial charge in [-0.05, 0) is 32.8 Å². The van der Waals surface area contributed by atoms with Gasteiger partial charge in [0.15, 0.2) is 5.82 Å². The lowest BCUT2D eigenvalue weighted by molar-refractivity contribution is -0.116. The molecule has 2 aromatic rings. The molecule has 0 spiro atoms. The number of nitrogens with one attached hydrogen (secondary N) is 2. The van der Waals surface area contributed by atoms with E-state index in [2.05, 4.69) is 34.6 Å². The molecule has 0 saturated carbocycles. The maximum Gasteiger partial charge on any atom is 0.225 e. The molecular formula is C15H19N3O. The number of aromatic amines is 1. The van der Waals surface area contributed by atoms with E-state index in [1.165, 1.54) is 11.1 Å². The van der Waals surface area contributed by atoms with Crippen molar-refractivity contribution in [3.05, 3.63) is 46.6 Å². The maximum atomic E-state index is 11.9. The SMILES string of the molecule is Cc1cccc(CCC(=O)Nc2n[nH]c(C)c2C)c1. The third-order valence-electron chi connectivity index (χ3n) is 3.23. The van der Waals surface area contributed by atoms with E-state index in [-0.39, 0.29) is 5.91 Å². The molecule has 0 fully saturated rings. The normalized spacial score (nSPS) is 10.5. The second kappa shape index (κ2) is 5.69. The van der Waals surface area contributed by atoms with Gasteiger partial charge in [-0.1, -0.05) is 29.8 Å². The molecule has 0 unspecified atom stereocenters. The van der Waals surface area contributed by atoms with Gasteiger partial charge < -0.3 is 5.32 Å². The van der Waals surface area contributed by atoms with Crippen molar-refractivity contribution in [1.29, 1.82) is 0 Å². The maximum absolute atomic E-state index is 11.9. The number of amides is 1. The minimum Gasteiger partial charge on any atom is -0.309 e. The number of carbonyl (C=O) groups excluding carboxylic acids is 1. The Labute approximate surface area is 113 Å². The average Bonchev–Trinajstić information content (AvgIpc) is 2.69. The van der Waals surface area contributed by atoms with Crippen molar-refractivity contribution in [1.82, 2.24) is 10.2 Å². The monoisotopic (exact) mass is 257 g/mol. The molecule has 4 nitrogen and oxygen atoms in total. The lowest BCUT2D eigenvalue weighted by atomic mass is 10.1. The Hall–Kier alpha value is -2.10. The first-order valence-electron chi connectivity index (χ1n) is 6.43. The first kappa shape index (κ1) is 13.3. The fourth-order valence-electron chi connectivity index (χ4n) is 1.93. The van der Waals surface area contributed by atoms with Crippen LogP contribution in [0.2, 0.25) is 0 Å². The van der Waals surface area contributed by atoms with Gasteiger partial charge in [-0.2, -0.15) is 5.10 Å². The Morgan fingerprint density at radius 2 is 2.11 bits per heavy atom. The second-order valence-corrected chi connectivity index (χ2v) is 4.86. The fourth-order valence-corrected chi connectivity index (χ4v) is 1.93. The van der Waals surface area contributed by atoms with Crippen LogP contribution in [-0.4, -0.2) is 16.1 Å². The van der Waals surface area contributed by atoms with E-state index in [4.69, 9.17) is 0 Å². The van der Waals surface area contributed by atoms with E-state index in [1.807, 2.05) is 26.0 Å². The zero-order valence-electron chi connectivity index (χ0n) is 11.6. The molecule has 4 heteroatoms. The molecule has 19 heavy (non-hydrogen) atoms. The molecule has 1 heterocycles. The number of rotatable bonds is 4. The third kappa shape index (κ3) is 3.44. The summed E-state index contributed by atoms with van der Waals surface area (Å²) in [5, 5.41) is 9.76. The number of nitrogens with zero attached hydrogens (tertiary/aromatic N) is 1. The minimum absolute atomic E-state index is 0.00361. The summed E-state index contributed by atoms with van der Waals surface area (Å²) >= 11 is 0. The Morgan fingerprint density at radius 1 is 1.32 bits per heavy atom. The van der Waals surface area contributed by atoms with E-state index in [0.29, 0.717) is 12.2 Å². The zero-order valence-corrected chi connectivity index (χ0v) is 11.6. The van der Waals surface area contributed by atoms with Gasteiger partial charge in [0.1, 0.15) is 0 Å². The molecule has 0 aliphatic rings. The second-order valence-electron chi connectivity index (χ2n) is 4.86. The number of hydrogen-bond acceptors (Lipinski definition) is 2. The van der Waals surface area contributed by atoms with Crippen LogP contribution in [0.3, 0.4) is 0 Å². The van der Waals surface area contributed by atoms with Crippen molar-refractivity contribution in [2.75, 3.05) is 5.32 Å². The van der Waals surface area contributed by atoms with Gasteiger partial charge in [0, 0.05) is 17.7 Å². The highest BCUT2D eigenvalue weighted by Gasteiger charge is 2.09. The quantitative estimate of drug-likeness (QED) is 0.884. The first-order chi connectivity index (χ1) is 9.06. The largest absolute Gasteiger partial charge is 0.309 e. The predicted octanol–water partition coefficient (Wildman–Crippen LogP) is 2.91. The number of aryl methyl sites for hydroxylation is 3. The van der Waals surface area contributed by atoms with Crippen LogP contribution in [-0.2, 0) is 11.2 Å². The Morgan fingerprint density at radius 3 is 2.74 bits per heavy atom. The van der Waals surface area contributed by atoms with Crippen molar-refractivity contribution in [3.8, 4) is 0 Å². The van der Waals surface area contributed by atoms with Gasteiger partial charge in [-0.3, -0.25) is 9.89 Å². The average molecular weight is 257 g/mol. The van der Waals surface area contributed by atoms with Gasteiger partial charge in [-0.15, -0.1) is 0 Å². The topological polar surface area (TPSA) is 57.8 Å². The van der Waals surface area contributed by atoms with Gasteiger partial charge in [-0.25, -0.2) is 0 Å². The van der Waals surface area contributed by atoms with Crippen molar-refractivity contribution in [2.24, 2.45) is 0 Å². The predicted molar refractivity (Wildman–Crippen MR) is 76.2 cm³/mol. The molecule has 0 bridgehead atoms. The van der Waals surface area contributed by atoms with Crippen molar-refractivity contribution in [3.63, 3.8) is 0 Å². The number of benzene rings is 1. The lowest BCUT2D eigenvalue weighted by Crippen LogP contribution is -2.13. The minimum atomic E-state index is -0.00361. The summed E-state index contributed by atoms with van der Waals surface area (Å²) in [6.07, 6.45) is 1.21. The molecule has 2 N–H and O–H groups in total. The summed E-state index contributed by atoms with van der Waals surface area (Å²) < 4.78 is 0. The molecule has 2 rings (SSSR count). The van der Waals surface area contributed by atoms with Crippen molar-refractivity contribution < 1.29 is 4.79 Å². The van der Waals surface area contributed by atoms with Crippen LogP contribution in [0.5, 0.6) is 0 Å². The number of aromatic nitrogens is 2. The van der Waals surface area contributed by atoms with Gasteiger partial charge >= 0.3 is 0 Å². The van der Waals surface area contributed by atoms with Crippen LogP contribution < -0.4 is 5.32 Å².